The van der Waals surface area contributed by atoms with Crippen molar-refractivity contribution >= 4 is 11.8 Å². The number of para-hydroxylation sites is 1. The van der Waals surface area contributed by atoms with Gasteiger partial charge in [0.05, 0.1) is 6.04 Å². The average molecular weight is 246 g/mol. The smallest absolute Gasteiger partial charge is 0.318 e. The summed E-state index contributed by atoms with van der Waals surface area (Å²) in [5.74, 6) is 0.268. The standard InChI is InChI=1S/C13H14N2O3/c1-7(16)10-11-8-5-3-4-6-9(8)18-13(10,2)15-12(17)14-11/h3-6,10-11H,1-2H3,(H2,14,15,17)/t10-,11+,13-/m0/s1. The zero-order valence-electron chi connectivity index (χ0n) is 10.2. The van der Waals surface area contributed by atoms with Crippen LogP contribution in [0.5, 0.6) is 5.75 Å². The first kappa shape index (κ1) is 11.1. The molecule has 2 heterocycles. The van der Waals surface area contributed by atoms with Crippen molar-refractivity contribution in [1.82, 2.24) is 10.6 Å². The lowest BCUT2D eigenvalue weighted by molar-refractivity contribution is -0.134. The summed E-state index contributed by atoms with van der Waals surface area (Å²) in [6.45, 7) is 3.26. The molecule has 0 aliphatic carbocycles. The normalized spacial score (nSPS) is 32.7. The van der Waals surface area contributed by atoms with Gasteiger partial charge in [-0.3, -0.25) is 10.1 Å². The number of carbonyl (C=O) groups is 2. The largest absolute Gasteiger partial charge is 0.467 e. The Morgan fingerprint density at radius 1 is 1.39 bits per heavy atom. The lowest BCUT2D eigenvalue weighted by Gasteiger charge is -2.49. The molecule has 94 valence electrons. The minimum Gasteiger partial charge on any atom is -0.467 e. The fourth-order valence-electron chi connectivity index (χ4n) is 2.91. The molecule has 1 saturated heterocycles. The molecule has 2 N–H and O–H groups in total. The van der Waals surface area contributed by atoms with Gasteiger partial charge in [-0.05, 0) is 19.9 Å². The van der Waals surface area contributed by atoms with E-state index in [9.17, 15) is 9.59 Å². The van der Waals surface area contributed by atoms with Gasteiger partial charge in [-0.2, -0.15) is 0 Å². The summed E-state index contributed by atoms with van der Waals surface area (Å²) in [5, 5.41) is 5.51. The van der Waals surface area contributed by atoms with Crippen molar-refractivity contribution in [2.24, 2.45) is 5.92 Å². The van der Waals surface area contributed by atoms with E-state index in [1.807, 2.05) is 24.3 Å². The Balaban J connectivity index is 2.17. The molecule has 0 spiro atoms. The number of hydrogen-bond donors (Lipinski definition) is 2. The van der Waals surface area contributed by atoms with Crippen LogP contribution >= 0.6 is 0 Å². The van der Waals surface area contributed by atoms with Crippen molar-refractivity contribution in [2.45, 2.75) is 25.6 Å². The van der Waals surface area contributed by atoms with Gasteiger partial charge in [0.15, 0.2) is 5.72 Å². The maximum atomic E-state index is 11.9. The summed E-state index contributed by atoms with van der Waals surface area (Å²) in [6.07, 6.45) is 0. The van der Waals surface area contributed by atoms with Crippen LogP contribution in [0.1, 0.15) is 25.5 Å². The lowest BCUT2D eigenvalue weighted by Crippen LogP contribution is -2.69. The van der Waals surface area contributed by atoms with Crippen molar-refractivity contribution in [3.63, 3.8) is 0 Å². The number of amides is 2. The van der Waals surface area contributed by atoms with Crippen LogP contribution in [0.25, 0.3) is 0 Å². The molecule has 5 heteroatoms. The van der Waals surface area contributed by atoms with Gasteiger partial charge in [0.2, 0.25) is 0 Å². The van der Waals surface area contributed by atoms with Gasteiger partial charge in [0, 0.05) is 5.56 Å². The van der Waals surface area contributed by atoms with Crippen molar-refractivity contribution in [3.8, 4) is 5.75 Å². The van der Waals surface area contributed by atoms with Gasteiger partial charge < -0.3 is 10.1 Å². The van der Waals surface area contributed by atoms with Crippen LogP contribution < -0.4 is 15.4 Å². The molecule has 2 bridgehead atoms. The van der Waals surface area contributed by atoms with E-state index >= 15 is 0 Å². The SMILES string of the molecule is CC(=O)[C@H]1[C@@H]2NC(=O)N[C@@]1(C)Oc1ccccc12. The van der Waals surface area contributed by atoms with Crippen molar-refractivity contribution in [3.05, 3.63) is 29.8 Å². The second-order valence-electron chi connectivity index (χ2n) is 4.91. The van der Waals surface area contributed by atoms with Crippen LogP contribution in [0.4, 0.5) is 4.79 Å². The molecule has 5 nitrogen and oxygen atoms in total. The van der Waals surface area contributed by atoms with Crippen LogP contribution in [0.3, 0.4) is 0 Å². The molecule has 2 amide bonds. The van der Waals surface area contributed by atoms with Crippen LogP contribution in [-0.2, 0) is 4.79 Å². The first-order valence-corrected chi connectivity index (χ1v) is 5.88. The van der Waals surface area contributed by atoms with Crippen molar-refractivity contribution in [1.29, 1.82) is 0 Å². The minimum absolute atomic E-state index is 0.00972. The first-order chi connectivity index (χ1) is 8.51. The van der Waals surface area contributed by atoms with Gasteiger partial charge >= 0.3 is 6.03 Å². The third-order valence-corrected chi connectivity index (χ3v) is 3.59. The summed E-state index contributed by atoms with van der Waals surface area (Å²) in [6, 6.07) is 6.82. The fourth-order valence-corrected chi connectivity index (χ4v) is 2.91. The van der Waals surface area contributed by atoms with Gasteiger partial charge in [-0.1, -0.05) is 18.2 Å². The van der Waals surface area contributed by atoms with Crippen LogP contribution in [-0.4, -0.2) is 17.5 Å². The molecule has 3 rings (SSSR count). The second-order valence-corrected chi connectivity index (χ2v) is 4.91. The molecule has 1 aromatic rings. The molecule has 2 aliphatic rings. The molecule has 3 atom stereocenters. The zero-order chi connectivity index (χ0) is 12.9. The Hall–Kier alpha value is -2.04. The zero-order valence-corrected chi connectivity index (χ0v) is 10.2. The third kappa shape index (κ3) is 1.40. The number of hydrogen-bond acceptors (Lipinski definition) is 3. The average Bonchev–Trinajstić information content (AvgIpc) is 2.26. The number of urea groups is 1. The number of Topliss-reactive ketones (excluding diaryl/α,β-unsaturated/α-hetero) is 1. The van der Waals surface area contributed by atoms with E-state index < -0.39 is 11.6 Å². The van der Waals surface area contributed by atoms with Crippen molar-refractivity contribution in [2.75, 3.05) is 0 Å². The van der Waals surface area contributed by atoms with Gasteiger partial charge in [-0.15, -0.1) is 0 Å². The highest BCUT2D eigenvalue weighted by Gasteiger charge is 2.54. The molecule has 1 fully saturated rings. The molecule has 0 radical (unpaired) electrons. The Bertz CT molecular complexity index is 543. The number of nitrogens with one attached hydrogen (secondary N) is 2. The highest BCUT2D eigenvalue weighted by molar-refractivity contribution is 5.86. The van der Waals surface area contributed by atoms with E-state index in [0.29, 0.717) is 5.75 Å². The van der Waals surface area contributed by atoms with Crippen LogP contribution in [0.15, 0.2) is 24.3 Å². The van der Waals surface area contributed by atoms with Gasteiger partial charge in [-0.25, -0.2) is 4.79 Å². The van der Waals surface area contributed by atoms with Gasteiger partial charge in [0.25, 0.3) is 0 Å². The highest BCUT2D eigenvalue weighted by Crippen LogP contribution is 2.44. The summed E-state index contributed by atoms with van der Waals surface area (Å²) in [5.41, 5.74) is -0.127. The fraction of sp³-hybridized carbons (Fsp3) is 0.385. The van der Waals surface area contributed by atoms with E-state index in [2.05, 4.69) is 10.6 Å². The van der Waals surface area contributed by atoms with E-state index in [1.54, 1.807) is 6.92 Å². The number of rotatable bonds is 1. The molecule has 0 saturated carbocycles. The summed E-state index contributed by atoms with van der Waals surface area (Å²) < 4.78 is 5.84. The molecular formula is C13H14N2O3. The Morgan fingerprint density at radius 3 is 2.83 bits per heavy atom. The van der Waals surface area contributed by atoms with E-state index in [4.69, 9.17) is 4.74 Å². The molecule has 0 unspecified atom stereocenters. The minimum atomic E-state index is -0.979. The predicted octanol–water partition coefficient (Wildman–Crippen LogP) is 1.35. The highest BCUT2D eigenvalue weighted by atomic mass is 16.5. The maximum Gasteiger partial charge on any atom is 0.318 e. The lowest BCUT2D eigenvalue weighted by atomic mass is 9.78. The predicted molar refractivity (Wildman–Crippen MR) is 64.1 cm³/mol. The molecule has 2 aliphatic heterocycles. The summed E-state index contributed by atoms with van der Waals surface area (Å²) in [4.78, 5) is 23.5. The summed E-state index contributed by atoms with van der Waals surface area (Å²) in [7, 11) is 0. The number of fused-ring (bicyclic) bond motifs is 4. The molecule has 1 aromatic carbocycles. The quantitative estimate of drug-likeness (QED) is 0.786. The Labute approximate surface area is 105 Å². The molecular weight excluding hydrogens is 232 g/mol. The number of ketones is 1. The molecule has 0 aromatic heterocycles. The van der Waals surface area contributed by atoms with E-state index in [-0.39, 0.29) is 17.9 Å². The van der Waals surface area contributed by atoms with Crippen molar-refractivity contribution < 1.29 is 14.3 Å². The summed E-state index contributed by atoms with van der Waals surface area (Å²) >= 11 is 0. The Kier molecular flexibility index (Phi) is 2.14. The maximum absolute atomic E-state index is 11.9. The van der Waals surface area contributed by atoms with Gasteiger partial charge in [0.1, 0.15) is 17.5 Å². The molecule has 18 heavy (non-hydrogen) atoms. The van der Waals surface area contributed by atoms with E-state index in [0.717, 1.165) is 5.56 Å². The number of carbonyl (C=O) groups excluding carboxylic acids is 2. The van der Waals surface area contributed by atoms with Crippen LogP contribution in [0, 0.1) is 5.92 Å². The second kappa shape index (κ2) is 3.48. The number of benzene rings is 1. The van der Waals surface area contributed by atoms with Crippen LogP contribution in [0.2, 0.25) is 0 Å². The monoisotopic (exact) mass is 246 g/mol. The van der Waals surface area contributed by atoms with E-state index in [1.165, 1.54) is 6.92 Å². The third-order valence-electron chi connectivity index (χ3n) is 3.59. The number of ether oxygens (including phenoxy) is 1. The first-order valence-electron chi connectivity index (χ1n) is 5.88. The topological polar surface area (TPSA) is 67.4 Å². The Morgan fingerprint density at radius 2 is 2.11 bits per heavy atom.